The van der Waals surface area contributed by atoms with Gasteiger partial charge in [-0.05, 0) is 124 Å². The van der Waals surface area contributed by atoms with E-state index in [1.54, 1.807) is 54.7 Å². The number of carbonyl (C=O) groups excluding carboxylic acids is 2. The van der Waals surface area contributed by atoms with Crippen LogP contribution in [0.25, 0.3) is 28.0 Å². The standard InChI is InChI=1S/C49H53ClFN7O5/c1-3-25-56-38(24-26-62-47(52)53)18-11-19-42(56)35-20-22-39(23-21-35)57-30-37-29-43(58(45(37)55-48(57)60)46(59)36-16-8-5-9-17-36)40-27-34(28-41(50)44(40)51)15-10-12-32(2)54-49(61)63-31-33-13-6-4-7-14-33/h4-9,13-14,16-17,20-23,27-30,32,38,42H,3,10-12,15,18-19,24-26,31H2,1-2H3,(H3,52,53)(H,54,61)/t32-,38?,42-/m0/s1. The van der Waals surface area contributed by atoms with E-state index in [0.29, 0.717) is 48.5 Å². The maximum atomic E-state index is 16.2. The molecule has 1 amide bonds. The van der Waals surface area contributed by atoms with Crippen LogP contribution in [-0.2, 0) is 22.5 Å². The van der Waals surface area contributed by atoms with E-state index in [1.807, 2.05) is 61.5 Å². The highest BCUT2D eigenvalue weighted by Gasteiger charge is 2.31. The van der Waals surface area contributed by atoms with E-state index in [0.717, 1.165) is 55.3 Å². The summed E-state index contributed by atoms with van der Waals surface area (Å²) in [6, 6.07) is 30.8. The zero-order valence-electron chi connectivity index (χ0n) is 35.6. The van der Waals surface area contributed by atoms with Gasteiger partial charge >= 0.3 is 11.8 Å². The van der Waals surface area contributed by atoms with Crippen molar-refractivity contribution in [1.29, 1.82) is 5.41 Å². The molecule has 0 spiro atoms. The summed E-state index contributed by atoms with van der Waals surface area (Å²) < 4.78 is 29.6. The van der Waals surface area contributed by atoms with Crippen LogP contribution >= 0.6 is 11.6 Å². The fourth-order valence-electron chi connectivity index (χ4n) is 8.55. The molecule has 0 radical (unpaired) electrons. The molecular weight excluding hydrogens is 821 g/mol. The largest absolute Gasteiger partial charge is 0.466 e. The zero-order chi connectivity index (χ0) is 44.5. The maximum absolute atomic E-state index is 16.2. The second-order valence-corrected chi connectivity index (χ2v) is 16.5. The quantitative estimate of drug-likeness (QED) is 0.0641. The Balaban J connectivity index is 1.15. The minimum atomic E-state index is -0.708. The van der Waals surface area contributed by atoms with E-state index in [4.69, 9.17) is 32.2 Å². The van der Waals surface area contributed by atoms with Crippen molar-refractivity contribution in [2.75, 3.05) is 13.2 Å². The van der Waals surface area contributed by atoms with Gasteiger partial charge in [-0.25, -0.2) is 14.0 Å². The number of hydrogen-bond donors (Lipinski definition) is 3. The molecule has 0 bridgehead atoms. The predicted molar refractivity (Wildman–Crippen MR) is 244 cm³/mol. The van der Waals surface area contributed by atoms with Gasteiger partial charge in [-0.2, -0.15) is 4.98 Å². The number of amides is 1. The van der Waals surface area contributed by atoms with E-state index in [1.165, 1.54) is 9.13 Å². The first-order chi connectivity index (χ1) is 30.5. The topological polar surface area (TPSA) is 158 Å². The molecule has 6 aromatic rings. The van der Waals surface area contributed by atoms with Crippen molar-refractivity contribution < 1.29 is 23.5 Å². The number of amidine groups is 1. The monoisotopic (exact) mass is 873 g/mol. The summed E-state index contributed by atoms with van der Waals surface area (Å²) in [5.41, 5.74) is 8.90. The van der Waals surface area contributed by atoms with Crippen LogP contribution in [-0.4, -0.2) is 62.3 Å². The van der Waals surface area contributed by atoms with Gasteiger partial charge in [0.15, 0.2) is 11.5 Å². The molecule has 3 heterocycles. The first kappa shape index (κ1) is 44.7. The van der Waals surface area contributed by atoms with E-state index < -0.39 is 23.5 Å². The molecule has 1 saturated heterocycles. The summed E-state index contributed by atoms with van der Waals surface area (Å²) >= 11 is 6.55. The van der Waals surface area contributed by atoms with Gasteiger partial charge in [0.25, 0.3) is 11.9 Å². The van der Waals surface area contributed by atoms with Gasteiger partial charge in [0, 0.05) is 40.8 Å². The number of likely N-dealkylation sites (tertiary alicyclic amines) is 1. The SMILES string of the molecule is CCCN1C(CCOC(=N)N)CCC[C@H]1c1ccc(-n2cc3cc(-c4cc(CCC[C@H](C)NC(=O)OCc5ccccc5)cc(Cl)c4F)n(C(=O)c4ccccc4)c3nc2=O)cc1. The number of nitrogens with one attached hydrogen (secondary N) is 2. The van der Waals surface area contributed by atoms with Crippen LogP contribution in [0.4, 0.5) is 9.18 Å². The number of hydrogen-bond acceptors (Lipinski definition) is 8. The molecule has 1 fully saturated rings. The molecule has 2 aromatic heterocycles. The van der Waals surface area contributed by atoms with Crippen LogP contribution in [0.3, 0.4) is 0 Å². The van der Waals surface area contributed by atoms with E-state index >= 15 is 4.39 Å². The number of aryl methyl sites for hydroxylation is 1. The highest BCUT2D eigenvalue weighted by molar-refractivity contribution is 6.31. The number of ether oxygens (including phenoxy) is 2. The molecule has 14 heteroatoms. The molecule has 4 aromatic carbocycles. The molecule has 1 unspecified atom stereocenters. The fourth-order valence-corrected chi connectivity index (χ4v) is 8.79. The number of alkyl carbamates (subject to hydrolysis) is 1. The molecule has 4 N–H and O–H groups in total. The third kappa shape index (κ3) is 10.8. The lowest BCUT2D eigenvalue weighted by molar-refractivity contribution is 0.0661. The van der Waals surface area contributed by atoms with Crippen molar-refractivity contribution in [3.8, 4) is 16.9 Å². The summed E-state index contributed by atoms with van der Waals surface area (Å²) in [6.07, 6.45) is 7.74. The van der Waals surface area contributed by atoms with Gasteiger partial charge in [-0.15, -0.1) is 0 Å². The first-order valence-corrected chi connectivity index (χ1v) is 21.9. The summed E-state index contributed by atoms with van der Waals surface area (Å²) in [5.74, 6) is -1.19. The molecule has 12 nitrogen and oxygen atoms in total. The fraction of sp³-hybridized carbons (Fsp3) is 0.327. The smallest absolute Gasteiger partial charge is 0.407 e. The van der Waals surface area contributed by atoms with Crippen LogP contribution in [0, 0.1) is 11.2 Å². The van der Waals surface area contributed by atoms with E-state index in [9.17, 15) is 14.4 Å². The van der Waals surface area contributed by atoms with Gasteiger partial charge in [0.05, 0.1) is 23.0 Å². The number of nitrogens with two attached hydrogens (primary N) is 1. The molecule has 1 aliphatic heterocycles. The first-order valence-electron chi connectivity index (χ1n) is 21.5. The molecule has 3 atom stereocenters. The van der Waals surface area contributed by atoms with Crippen molar-refractivity contribution in [2.45, 2.75) is 89.9 Å². The molecule has 7 rings (SSSR count). The lowest BCUT2D eigenvalue weighted by Crippen LogP contribution is -2.43. The van der Waals surface area contributed by atoms with Crippen molar-refractivity contribution in [2.24, 2.45) is 5.73 Å². The van der Waals surface area contributed by atoms with Crippen molar-refractivity contribution in [3.63, 3.8) is 0 Å². The van der Waals surface area contributed by atoms with Crippen molar-refractivity contribution in [3.05, 3.63) is 153 Å². The van der Waals surface area contributed by atoms with Crippen molar-refractivity contribution in [1.82, 2.24) is 24.3 Å². The Labute approximate surface area is 371 Å². The average molecular weight is 874 g/mol. The number of halogens is 2. The second kappa shape index (κ2) is 20.7. The number of nitrogens with zero attached hydrogens (tertiary/aromatic N) is 4. The third-order valence-corrected chi connectivity index (χ3v) is 11.9. The minimum Gasteiger partial charge on any atom is -0.466 e. The van der Waals surface area contributed by atoms with E-state index in [2.05, 4.69) is 22.1 Å². The number of rotatable bonds is 16. The lowest BCUT2D eigenvalue weighted by atomic mass is 9.89. The van der Waals surface area contributed by atoms with Crippen molar-refractivity contribution >= 4 is 40.7 Å². The summed E-state index contributed by atoms with van der Waals surface area (Å²) in [5, 5.41) is 10.6. The van der Waals surface area contributed by atoms with Gasteiger partial charge in [-0.3, -0.25) is 24.2 Å². The second-order valence-electron chi connectivity index (χ2n) is 16.1. The Morgan fingerprint density at radius 2 is 1.71 bits per heavy atom. The summed E-state index contributed by atoms with van der Waals surface area (Å²) in [4.78, 5) is 47.5. The van der Waals surface area contributed by atoms with Crippen LogP contribution in [0.5, 0.6) is 0 Å². The van der Waals surface area contributed by atoms with Crippen LogP contribution in [0.2, 0.25) is 5.02 Å². The van der Waals surface area contributed by atoms with E-state index in [-0.39, 0.29) is 46.6 Å². The summed E-state index contributed by atoms with van der Waals surface area (Å²) in [6.45, 7) is 5.53. The molecule has 0 aliphatic carbocycles. The van der Waals surface area contributed by atoms with Crippen LogP contribution in [0.15, 0.2) is 114 Å². The third-order valence-electron chi connectivity index (χ3n) is 11.6. The predicted octanol–water partition coefficient (Wildman–Crippen LogP) is 9.58. The Bertz CT molecular complexity index is 2600. The Morgan fingerprint density at radius 3 is 2.43 bits per heavy atom. The normalized spacial score (nSPS) is 15.8. The van der Waals surface area contributed by atoms with Gasteiger partial charge in [0.2, 0.25) is 0 Å². The van der Waals surface area contributed by atoms with Gasteiger partial charge < -0.3 is 20.5 Å². The molecule has 63 heavy (non-hydrogen) atoms. The zero-order valence-corrected chi connectivity index (χ0v) is 36.3. The van der Waals surface area contributed by atoms with Crippen LogP contribution < -0.4 is 16.7 Å². The Hall–Kier alpha value is -6.31. The Kier molecular flexibility index (Phi) is 14.7. The maximum Gasteiger partial charge on any atom is 0.407 e. The summed E-state index contributed by atoms with van der Waals surface area (Å²) in [7, 11) is 0. The highest BCUT2D eigenvalue weighted by Crippen LogP contribution is 2.37. The Morgan fingerprint density at radius 1 is 0.984 bits per heavy atom. The highest BCUT2D eigenvalue weighted by atomic mass is 35.5. The molecular formula is C49H53ClFN7O5. The number of fused-ring (bicyclic) bond motifs is 1. The molecule has 1 aliphatic rings. The number of carbonyl (C=O) groups is 2. The molecule has 328 valence electrons. The lowest BCUT2D eigenvalue weighted by Gasteiger charge is -2.42. The van der Waals surface area contributed by atoms with Crippen LogP contribution in [0.1, 0.15) is 91.9 Å². The average Bonchev–Trinajstić information content (AvgIpc) is 3.65. The van der Waals surface area contributed by atoms with Gasteiger partial charge in [0.1, 0.15) is 6.61 Å². The molecule has 0 saturated carbocycles. The number of benzene rings is 4. The minimum absolute atomic E-state index is 0.0916. The van der Waals surface area contributed by atoms with Gasteiger partial charge in [-0.1, -0.05) is 79.2 Å². The number of piperidine rings is 1. The number of aromatic nitrogens is 3.